The second-order valence-electron chi connectivity index (χ2n) is 6.41. The van der Waals surface area contributed by atoms with Gasteiger partial charge in [-0.3, -0.25) is 9.69 Å². The molecule has 0 aliphatic carbocycles. The smallest absolute Gasteiger partial charge is 0.293 e. The second kappa shape index (κ2) is 8.75. The number of nitrogens with zero attached hydrogens (tertiary/aromatic N) is 7. The number of ether oxygens (including phenoxy) is 1. The molecule has 1 amide bonds. The molecular weight excluding hydrogens is 397 g/mol. The van der Waals surface area contributed by atoms with Crippen LogP contribution in [0.2, 0.25) is 0 Å². The summed E-state index contributed by atoms with van der Waals surface area (Å²) in [4.78, 5) is 14.8. The highest BCUT2D eigenvalue weighted by Gasteiger charge is 2.26. The monoisotopic (exact) mass is 415 g/mol. The number of hydrogen-bond acceptors (Lipinski definition) is 10. The summed E-state index contributed by atoms with van der Waals surface area (Å²) in [7, 11) is 0. The van der Waals surface area contributed by atoms with E-state index in [0.29, 0.717) is 44.1 Å². The van der Waals surface area contributed by atoms with E-state index in [2.05, 4.69) is 40.7 Å². The van der Waals surface area contributed by atoms with Crippen LogP contribution in [0.5, 0.6) is 0 Å². The van der Waals surface area contributed by atoms with Gasteiger partial charge in [-0.1, -0.05) is 17.3 Å². The van der Waals surface area contributed by atoms with Crippen molar-refractivity contribution in [2.45, 2.75) is 6.54 Å². The van der Waals surface area contributed by atoms with Gasteiger partial charge in [0.15, 0.2) is 5.69 Å². The predicted octanol–water partition coefficient (Wildman–Crippen LogP) is -0.0323. The van der Waals surface area contributed by atoms with Gasteiger partial charge in [-0.15, -0.1) is 5.10 Å². The maximum absolute atomic E-state index is 13.3. The molecule has 30 heavy (non-hydrogen) atoms. The molecule has 3 aromatic rings. The van der Waals surface area contributed by atoms with Crippen LogP contribution in [0.15, 0.2) is 34.0 Å². The van der Waals surface area contributed by atoms with E-state index in [1.54, 1.807) is 12.1 Å². The molecule has 156 valence electrons. The van der Waals surface area contributed by atoms with Gasteiger partial charge in [0.25, 0.3) is 5.91 Å². The van der Waals surface area contributed by atoms with Crippen LogP contribution in [0.25, 0.3) is 5.82 Å². The van der Waals surface area contributed by atoms with Gasteiger partial charge in [-0.25, -0.2) is 14.4 Å². The average Bonchev–Trinajstić information content (AvgIpc) is 3.34. The summed E-state index contributed by atoms with van der Waals surface area (Å²) in [5, 5.41) is 19.1. The first-order valence-corrected chi connectivity index (χ1v) is 9.04. The van der Waals surface area contributed by atoms with Crippen molar-refractivity contribution in [2.24, 2.45) is 5.10 Å². The lowest BCUT2D eigenvalue weighted by molar-refractivity contribution is 0.0332. The first-order valence-electron chi connectivity index (χ1n) is 9.04. The standard InChI is InChI=1S/C17H18FN9O3/c18-12-3-1-2-11(8-12)9-20-22-17(28)14-13(10-26-4-6-29-7-5-26)27(25-21-14)16-15(19)23-30-24-16/h1-3,8-9H,4-7,10H2,(H2,19,23)(H,22,28)/b20-9-. The predicted molar refractivity (Wildman–Crippen MR) is 101 cm³/mol. The van der Waals surface area contributed by atoms with Crippen molar-refractivity contribution in [3.63, 3.8) is 0 Å². The number of nitrogens with two attached hydrogens (primary N) is 1. The molecule has 0 spiro atoms. The van der Waals surface area contributed by atoms with E-state index in [-0.39, 0.29) is 17.3 Å². The Morgan fingerprint density at radius 2 is 2.17 bits per heavy atom. The Labute approximate surface area is 169 Å². The largest absolute Gasteiger partial charge is 0.379 e. The molecule has 1 fully saturated rings. The van der Waals surface area contributed by atoms with Crippen molar-refractivity contribution in [3.05, 3.63) is 47.0 Å². The fourth-order valence-corrected chi connectivity index (χ4v) is 2.90. The highest BCUT2D eigenvalue weighted by molar-refractivity contribution is 5.94. The van der Waals surface area contributed by atoms with Crippen LogP contribution in [-0.2, 0) is 11.3 Å². The van der Waals surface area contributed by atoms with Crippen LogP contribution < -0.4 is 11.2 Å². The molecule has 4 rings (SSSR count). The Morgan fingerprint density at radius 1 is 1.33 bits per heavy atom. The van der Waals surface area contributed by atoms with Crippen molar-refractivity contribution in [1.29, 1.82) is 0 Å². The van der Waals surface area contributed by atoms with E-state index in [0.717, 1.165) is 0 Å². The van der Waals surface area contributed by atoms with E-state index in [9.17, 15) is 9.18 Å². The van der Waals surface area contributed by atoms with Gasteiger partial charge in [-0.2, -0.15) is 9.78 Å². The minimum atomic E-state index is -0.591. The van der Waals surface area contributed by atoms with E-state index >= 15 is 0 Å². The Hall–Kier alpha value is -3.71. The molecule has 0 saturated carbocycles. The lowest BCUT2D eigenvalue weighted by atomic mass is 10.2. The number of morpholine rings is 1. The SMILES string of the molecule is Nc1nonc1-n1nnc(C(=O)N/N=C\c2cccc(F)c2)c1CN1CCOCC1. The molecule has 3 N–H and O–H groups in total. The summed E-state index contributed by atoms with van der Waals surface area (Å²) in [6.07, 6.45) is 1.33. The minimum absolute atomic E-state index is 0.0132. The van der Waals surface area contributed by atoms with Gasteiger partial charge >= 0.3 is 0 Å². The summed E-state index contributed by atoms with van der Waals surface area (Å²) >= 11 is 0. The zero-order valence-corrected chi connectivity index (χ0v) is 15.7. The zero-order chi connectivity index (χ0) is 20.9. The molecule has 2 aromatic heterocycles. The molecule has 0 radical (unpaired) electrons. The number of halogens is 1. The Morgan fingerprint density at radius 3 is 2.90 bits per heavy atom. The van der Waals surface area contributed by atoms with E-state index < -0.39 is 11.7 Å². The van der Waals surface area contributed by atoms with Gasteiger partial charge in [0.1, 0.15) is 5.82 Å². The summed E-state index contributed by atoms with van der Waals surface area (Å²) in [5.41, 5.74) is 9.13. The van der Waals surface area contributed by atoms with Crippen LogP contribution in [0, 0.1) is 5.82 Å². The third-order valence-electron chi connectivity index (χ3n) is 4.38. The molecule has 13 heteroatoms. The maximum Gasteiger partial charge on any atom is 0.293 e. The van der Waals surface area contributed by atoms with Crippen molar-refractivity contribution in [1.82, 2.24) is 35.6 Å². The van der Waals surface area contributed by atoms with Crippen LogP contribution in [0.4, 0.5) is 10.2 Å². The van der Waals surface area contributed by atoms with E-state index in [1.807, 2.05) is 0 Å². The second-order valence-corrected chi connectivity index (χ2v) is 6.41. The van der Waals surface area contributed by atoms with Crippen LogP contribution in [0.3, 0.4) is 0 Å². The Balaban J connectivity index is 1.57. The van der Waals surface area contributed by atoms with Crippen molar-refractivity contribution < 1.29 is 18.6 Å². The van der Waals surface area contributed by atoms with Gasteiger partial charge in [-0.05, 0) is 28.0 Å². The summed E-state index contributed by atoms with van der Waals surface area (Å²) in [6.45, 7) is 2.86. The molecule has 3 heterocycles. The molecule has 12 nitrogen and oxygen atoms in total. The quantitative estimate of drug-likeness (QED) is 0.418. The minimum Gasteiger partial charge on any atom is -0.379 e. The highest BCUT2D eigenvalue weighted by Crippen LogP contribution is 2.18. The number of hydrogen-bond donors (Lipinski definition) is 2. The molecule has 0 bridgehead atoms. The normalized spacial score (nSPS) is 15.0. The fraction of sp³-hybridized carbons (Fsp3) is 0.294. The van der Waals surface area contributed by atoms with Gasteiger partial charge < -0.3 is 10.5 Å². The van der Waals surface area contributed by atoms with Crippen LogP contribution in [-0.4, -0.2) is 68.6 Å². The number of nitrogens with one attached hydrogen (secondary N) is 1. The first-order chi connectivity index (χ1) is 14.6. The molecule has 0 atom stereocenters. The van der Waals surface area contributed by atoms with Crippen molar-refractivity contribution >= 4 is 17.9 Å². The van der Waals surface area contributed by atoms with Gasteiger partial charge in [0, 0.05) is 19.6 Å². The number of anilines is 1. The van der Waals surface area contributed by atoms with Crippen LogP contribution in [0.1, 0.15) is 21.7 Å². The fourth-order valence-electron chi connectivity index (χ4n) is 2.90. The molecule has 1 saturated heterocycles. The topological polar surface area (TPSA) is 150 Å². The van der Waals surface area contributed by atoms with E-state index in [4.69, 9.17) is 10.5 Å². The lowest BCUT2D eigenvalue weighted by Crippen LogP contribution is -2.37. The van der Waals surface area contributed by atoms with E-state index in [1.165, 1.54) is 23.0 Å². The molecule has 1 aromatic carbocycles. The summed E-state index contributed by atoms with van der Waals surface area (Å²) in [5.74, 6) is -0.848. The number of carbonyl (C=O) groups is 1. The molecule has 1 aliphatic heterocycles. The summed E-state index contributed by atoms with van der Waals surface area (Å²) in [6, 6.07) is 5.80. The number of amides is 1. The summed E-state index contributed by atoms with van der Waals surface area (Å²) < 4.78 is 24.6. The Bertz CT molecular complexity index is 1060. The van der Waals surface area contributed by atoms with Gasteiger partial charge in [0.2, 0.25) is 11.6 Å². The number of benzene rings is 1. The Kier molecular flexibility index (Phi) is 5.72. The third kappa shape index (κ3) is 4.31. The number of rotatable bonds is 6. The number of hydrazone groups is 1. The van der Waals surface area contributed by atoms with Crippen LogP contribution >= 0.6 is 0 Å². The number of carbonyl (C=O) groups excluding carboxylic acids is 1. The van der Waals surface area contributed by atoms with Crippen molar-refractivity contribution in [3.8, 4) is 5.82 Å². The number of aromatic nitrogens is 5. The first kappa shape index (κ1) is 19.6. The molecule has 1 aliphatic rings. The van der Waals surface area contributed by atoms with Gasteiger partial charge in [0.05, 0.1) is 25.1 Å². The maximum atomic E-state index is 13.3. The highest BCUT2D eigenvalue weighted by atomic mass is 19.1. The van der Waals surface area contributed by atoms with Crippen molar-refractivity contribution in [2.75, 3.05) is 32.0 Å². The average molecular weight is 415 g/mol. The molecule has 0 unspecified atom stereocenters. The number of nitrogen functional groups attached to an aromatic ring is 1. The molecular formula is C17H18FN9O3. The zero-order valence-electron chi connectivity index (χ0n) is 15.7. The third-order valence-corrected chi connectivity index (χ3v) is 4.38. The lowest BCUT2D eigenvalue weighted by Gasteiger charge is -2.26.